The van der Waals surface area contributed by atoms with Gasteiger partial charge in [0.25, 0.3) is 10.0 Å². The zero-order valence-corrected chi connectivity index (χ0v) is 18.8. The number of sulfonamides is 1. The quantitative estimate of drug-likeness (QED) is 0.421. The Morgan fingerprint density at radius 1 is 1.03 bits per heavy atom. The average molecular weight is 478 g/mol. The van der Waals surface area contributed by atoms with E-state index in [0.29, 0.717) is 17.3 Å². The molecule has 168 valence electrons. The number of ether oxygens (including phenoxy) is 2. The molecular formula is C20H20FN5O4S2. The second kappa shape index (κ2) is 10.2. The molecule has 12 heteroatoms. The second-order valence-corrected chi connectivity index (χ2v) is 8.44. The average Bonchev–Trinajstić information content (AvgIpc) is 2.78. The fourth-order valence-electron chi connectivity index (χ4n) is 2.53. The molecule has 0 unspecified atom stereocenters. The first-order chi connectivity index (χ1) is 15.3. The van der Waals surface area contributed by atoms with Crippen molar-refractivity contribution in [3.63, 3.8) is 0 Å². The lowest BCUT2D eigenvalue weighted by molar-refractivity contribution is 0.353. The summed E-state index contributed by atoms with van der Waals surface area (Å²) in [5.74, 6) is -0.158. The molecular weight excluding hydrogens is 457 g/mol. The molecule has 1 aromatic heterocycles. The van der Waals surface area contributed by atoms with E-state index in [1.807, 2.05) is 0 Å². The first kappa shape index (κ1) is 23.2. The highest BCUT2D eigenvalue weighted by molar-refractivity contribution is 7.92. The number of hydrogen-bond donors (Lipinski definition) is 3. The third-order valence-electron chi connectivity index (χ3n) is 4.10. The van der Waals surface area contributed by atoms with Crippen LogP contribution >= 0.6 is 12.2 Å². The maximum absolute atomic E-state index is 13.0. The van der Waals surface area contributed by atoms with Gasteiger partial charge in [-0.15, -0.1) is 0 Å². The predicted molar refractivity (Wildman–Crippen MR) is 122 cm³/mol. The van der Waals surface area contributed by atoms with E-state index in [0.717, 1.165) is 5.56 Å². The molecule has 3 rings (SSSR count). The van der Waals surface area contributed by atoms with Crippen molar-refractivity contribution in [2.24, 2.45) is 0 Å². The van der Waals surface area contributed by atoms with Gasteiger partial charge in [-0.2, -0.15) is 9.97 Å². The van der Waals surface area contributed by atoms with E-state index in [9.17, 15) is 12.8 Å². The number of anilines is 2. The molecule has 1 heterocycles. The van der Waals surface area contributed by atoms with Crippen LogP contribution in [-0.4, -0.2) is 37.7 Å². The standard InChI is InChI=1S/C20H20FN5O4S2/c1-29-18-11-17(24-19(25-18)30-2)26-32(27,28)16-9-7-15(8-10-16)23-20(31)22-12-13-3-5-14(21)6-4-13/h3-11H,12H2,1-2H3,(H2,22,23,31)(H,24,25,26). The summed E-state index contributed by atoms with van der Waals surface area (Å²) in [6.45, 7) is 0.411. The maximum Gasteiger partial charge on any atom is 0.321 e. The van der Waals surface area contributed by atoms with E-state index in [1.165, 1.54) is 44.6 Å². The molecule has 3 N–H and O–H groups in total. The molecule has 0 spiro atoms. The molecule has 32 heavy (non-hydrogen) atoms. The molecule has 0 amide bonds. The number of aromatic nitrogens is 2. The molecule has 0 aliphatic carbocycles. The van der Waals surface area contributed by atoms with Gasteiger partial charge in [-0.05, 0) is 54.2 Å². The monoisotopic (exact) mass is 477 g/mol. The van der Waals surface area contributed by atoms with E-state index in [2.05, 4.69) is 25.3 Å². The lowest BCUT2D eigenvalue weighted by Gasteiger charge is -2.12. The highest BCUT2D eigenvalue weighted by Crippen LogP contribution is 2.21. The number of rotatable bonds is 8. The van der Waals surface area contributed by atoms with Crippen molar-refractivity contribution in [2.75, 3.05) is 24.3 Å². The molecule has 0 fully saturated rings. The first-order valence-electron chi connectivity index (χ1n) is 9.18. The first-order valence-corrected chi connectivity index (χ1v) is 11.1. The van der Waals surface area contributed by atoms with Gasteiger partial charge in [0.05, 0.1) is 19.1 Å². The Balaban J connectivity index is 1.62. The third-order valence-corrected chi connectivity index (χ3v) is 5.72. The summed E-state index contributed by atoms with van der Waals surface area (Å²) in [7, 11) is -1.16. The third kappa shape index (κ3) is 6.25. The molecule has 0 aliphatic heterocycles. The summed E-state index contributed by atoms with van der Waals surface area (Å²) in [6.07, 6.45) is 0. The number of benzene rings is 2. The number of nitrogens with zero attached hydrogens (tertiary/aromatic N) is 2. The van der Waals surface area contributed by atoms with Crippen LogP contribution in [0.3, 0.4) is 0 Å². The molecule has 0 aliphatic rings. The summed E-state index contributed by atoms with van der Waals surface area (Å²) in [5.41, 5.74) is 1.45. The van der Waals surface area contributed by atoms with E-state index < -0.39 is 10.0 Å². The fraction of sp³-hybridized carbons (Fsp3) is 0.150. The molecule has 0 bridgehead atoms. The van der Waals surface area contributed by atoms with Gasteiger partial charge in [0.1, 0.15) is 5.82 Å². The minimum absolute atomic E-state index is 0.00192. The summed E-state index contributed by atoms with van der Waals surface area (Å²) in [4.78, 5) is 7.89. The van der Waals surface area contributed by atoms with Crippen molar-refractivity contribution in [1.29, 1.82) is 0 Å². The number of methoxy groups -OCH3 is 2. The van der Waals surface area contributed by atoms with Gasteiger partial charge in [-0.3, -0.25) is 4.72 Å². The minimum atomic E-state index is -3.92. The number of halogens is 1. The number of thiocarbonyl (C=S) groups is 1. The van der Waals surface area contributed by atoms with Gasteiger partial charge in [-0.25, -0.2) is 12.8 Å². The molecule has 0 saturated heterocycles. The van der Waals surface area contributed by atoms with E-state index in [4.69, 9.17) is 21.7 Å². The highest BCUT2D eigenvalue weighted by atomic mass is 32.2. The smallest absolute Gasteiger partial charge is 0.321 e. The maximum atomic E-state index is 13.0. The Labute approximate surface area is 190 Å². The Kier molecular flexibility index (Phi) is 7.38. The van der Waals surface area contributed by atoms with Gasteiger partial charge in [-0.1, -0.05) is 12.1 Å². The largest absolute Gasteiger partial charge is 0.481 e. The van der Waals surface area contributed by atoms with Crippen LogP contribution in [0.2, 0.25) is 0 Å². The normalized spacial score (nSPS) is 10.8. The molecule has 3 aromatic rings. The van der Waals surface area contributed by atoms with Crippen LogP contribution in [-0.2, 0) is 16.6 Å². The van der Waals surface area contributed by atoms with Gasteiger partial charge < -0.3 is 20.1 Å². The molecule has 0 radical (unpaired) electrons. The zero-order chi connectivity index (χ0) is 23.1. The van der Waals surface area contributed by atoms with Gasteiger partial charge >= 0.3 is 6.01 Å². The Bertz CT molecular complexity index is 1170. The summed E-state index contributed by atoms with van der Waals surface area (Å²) >= 11 is 5.24. The van der Waals surface area contributed by atoms with Crippen molar-refractivity contribution >= 4 is 38.9 Å². The van der Waals surface area contributed by atoms with Crippen molar-refractivity contribution < 1.29 is 22.3 Å². The van der Waals surface area contributed by atoms with Crippen LogP contribution in [0, 0.1) is 5.82 Å². The van der Waals surface area contributed by atoms with Crippen LogP contribution in [0.1, 0.15) is 5.56 Å². The minimum Gasteiger partial charge on any atom is -0.481 e. The number of hydrogen-bond acceptors (Lipinski definition) is 7. The molecule has 9 nitrogen and oxygen atoms in total. The van der Waals surface area contributed by atoms with Gasteiger partial charge in [0, 0.05) is 18.3 Å². The molecule has 2 aromatic carbocycles. The Morgan fingerprint density at radius 3 is 2.34 bits per heavy atom. The van der Waals surface area contributed by atoms with Crippen LogP contribution in [0.15, 0.2) is 59.5 Å². The van der Waals surface area contributed by atoms with Gasteiger partial charge in [0.2, 0.25) is 5.88 Å². The zero-order valence-electron chi connectivity index (χ0n) is 17.1. The van der Waals surface area contributed by atoms with Crippen molar-refractivity contribution in [1.82, 2.24) is 15.3 Å². The predicted octanol–water partition coefficient (Wildman–Crippen LogP) is 2.92. The number of nitrogens with one attached hydrogen (secondary N) is 3. The topological polar surface area (TPSA) is 114 Å². The second-order valence-electron chi connectivity index (χ2n) is 6.35. The molecule has 0 atom stereocenters. The fourth-order valence-corrected chi connectivity index (χ4v) is 3.71. The summed E-state index contributed by atoms with van der Waals surface area (Å²) in [5, 5.41) is 6.29. The van der Waals surface area contributed by atoms with E-state index in [1.54, 1.807) is 24.3 Å². The highest BCUT2D eigenvalue weighted by Gasteiger charge is 2.17. The summed E-state index contributed by atoms with van der Waals surface area (Å²) in [6, 6.07) is 13.3. The lowest BCUT2D eigenvalue weighted by atomic mass is 10.2. The SMILES string of the molecule is COc1cc(NS(=O)(=O)c2ccc(NC(=S)NCc3ccc(F)cc3)cc2)nc(OC)n1. The van der Waals surface area contributed by atoms with Crippen molar-refractivity contribution in [3.8, 4) is 11.9 Å². The summed E-state index contributed by atoms with van der Waals surface area (Å²) < 4.78 is 50.6. The molecule has 0 saturated carbocycles. The van der Waals surface area contributed by atoms with E-state index >= 15 is 0 Å². The Morgan fingerprint density at radius 2 is 1.72 bits per heavy atom. The lowest BCUT2D eigenvalue weighted by Crippen LogP contribution is -2.27. The Hall–Kier alpha value is -3.51. The van der Waals surface area contributed by atoms with Crippen LogP contribution < -0.4 is 24.8 Å². The van der Waals surface area contributed by atoms with E-state index in [-0.39, 0.29) is 28.4 Å². The van der Waals surface area contributed by atoms with Crippen LogP contribution in [0.4, 0.5) is 15.9 Å². The van der Waals surface area contributed by atoms with Crippen molar-refractivity contribution in [3.05, 3.63) is 66.0 Å². The van der Waals surface area contributed by atoms with Gasteiger partial charge in [0.15, 0.2) is 10.9 Å². The van der Waals surface area contributed by atoms with Crippen molar-refractivity contribution in [2.45, 2.75) is 11.4 Å². The van der Waals surface area contributed by atoms with Crippen LogP contribution in [0.25, 0.3) is 0 Å². The van der Waals surface area contributed by atoms with Crippen LogP contribution in [0.5, 0.6) is 11.9 Å².